The van der Waals surface area contributed by atoms with E-state index in [-0.39, 0.29) is 5.60 Å². The number of hydrogen-bond donors (Lipinski definition) is 2. The molecular formula is C24H23ClN6O2S. The molecule has 1 unspecified atom stereocenters. The predicted octanol–water partition coefficient (Wildman–Crippen LogP) is 6.03. The van der Waals surface area contributed by atoms with E-state index in [1.54, 1.807) is 6.20 Å². The first-order valence-electron chi connectivity index (χ1n) is 10.8. The maximum Gasteiger partial charge on any atom is 0.289 e. The molecule has 5 rings (SSSR count). The molecule has 4 aromatic rings. The molecule has 2 aromatic carbocycles. The molecule has 3 heterocycles. The topological polar surface area (TPSA) is 93.6 Å². The van der Waals surface area contributed by atoms with Crippen LogP contribution in [0.5, 0.6) is 5.75 Å². The maximum absolute atomic E-state index is 6.46. The largest absolute Gasteiger partial charge is 0.485 e. The molecule has 0 saturated heterocycles. The van der Waals surface area contributed by atoms with Gasteiger partial charge in [0.2, 0.25) is 0 Å². The SMILES string of the molecule is CCC1(C)CN=C(Nc2ccc3ncnc(Nc4ccc(OCc5nccs5)c(Cl)c4)c3c2)O1. The van der Waals surface area contributed by atoms with Crippen molar-refractivity contribution < 1.29 is 9.47 Å². The number of hydrogen-bond acceptors (Lipinski definition) is 9. The van der Waals surface area contributed by atoms with Gasteiger partial charge in [-0.15, -0.1) is 11.3 Å². The number of rotatable bonds is 7. The van der Waals surface area contributed by atoms with Gasteiger partial charge in [0, 0.05) is 28.3 Å². The summed E-state index contributed by atoms with van der Waals surface area (Å²) in [5.74, 6) is 1.26. The second-order valence-corrected chi connectivity index (χ2v) is 9.48. The lowest BCUT2D eigenvalue weighted by Crippen LogP contribution is -2.29. The average molecular weight is 495 g/mol. The minimum absolute atomic E-state index is 0.259. The Balaban J connectivity index is 1.33. The zero-order valence-electron chi connectivity index (χ0n) is 18.7. The van der Waals surface area contributed by atoms with Gasteiger partial charge in [-0.2, -0.15) is 0 Å². The van der Waals surface area contributed by atoms with Gasteiger partial charge in [-0.05, 0) is 49.7 Å². The molecular weight excluding hydrogens is 472 g/mol. The van der Waals surface area contributed by atoms with Gasteiger partial charge in [-0.3, -0.25) is 0 Å². The van der Waals surface area contributed by atoms with Crippen LogP contribution in [-0.2, 0) is 11.3 Å². The van der Waals surface area contributed by atoms with Crippen molar-refractivity contribution in [3.63, 3.8) is 0 Å². The second-order valence-electron chi connectivity index (χ2n) is 8.09. The summed E-state index contributed by atoms with van der Waals surface area (Å²) in [7, 11) is 0. The smallest absolute Gasteiger partial charge is 0.289 e. The molecule has 1 aliphatic rings. The molecule has 2 N–H and O–H groups in total. The van der Waals surface area contributed by atoms with E-state index in [0.29, 0.717) is 35.8 Å². The highest BCUT2D eigenvalue weighted by Gasteiger charge is 2.31. The molecule has 1 atom stereocenters. The van der Waals surface area contributed by atoms with Gasteiger partial charge in [-0.25, -0.2) is 19.9 Å². The first-order valence-corrected chi connectivity index (χ1v) is 12.1. The number of nitrogens with one attached hydrogen (secondary N) is 2. The molecule has 2 aromatic heterocycles. The van der Waals surface area contributed by atoms with Crippen molar-refractivity contribution >= 4 is 57.1 Å². The van der Waals surface area contributed by atoms with E-state index < -0.39 is 0 Å². The normalized spacial score (nSPS) is 17.3. The standard InChI is InChI=1S/C24H23ClN6O2S/c1-3-24(2)13-27-23(33-24)31-15-4-6-19-17(10-15)22(29-14-28-19)30-16-5-7-20(18(25)11-16)32-12-21-26-8-9-34-21/h4-11,14H,3,12-13H2,1-2H3,(H,27,31)(H,28,29,30). The van der Waals surface area contributed by atoms with Gasteiger partial charge < -0.3 is 20.1 Å². The third kappa shape index (κ3) is 4.90. The Morgan fingerprint density at radius 3 is 2.74 bits per heavy atom. The molecule has 10 heteroatoms. The number of anilines is 3. The summed E-state index contributed by atoms with van der Waals surface area (Å²) in [5, 5.41) is 10.8. The number of aliphatic imine (C=N–C) groups is 1. The van der Waals surface area contributed by atoms with Crippen molar-refractivity contribution in [3.8, 4) is 5.75 Å². The fraction of sp³-hybridized carbons (Fsp3) is 0.250. The van der Waals surface area contributed by atoms with Gasteiger partial charge >= 0.3 is 0 Å². The number of ether oxygens (including phenoxy) is 2. The third-order valence-corrected chi connectivity index (χ3v) is 6.61. The Kier molecular flexibility index (Phi) is 6.21. The van der Waals surface area contributed by atoms with Crippen LogP contribution in [0.2, 0.25) is 5.02 Å². The maximum atomic E-state index is 6.46. The Labute approximate surface area is 206 Å². The molecule has 174 valence electrons. The summed E-state index contributed by atoms with van der Waals surface area (Å²) in [6.07, 6.45) is 4.17. The molecule has 0 amide bonds. The van der Waals surface area contributed by atoms with Crippen LogP contribution in [-0.4, -0.2) is 33.1 Å². The summed E-state index contributed by atoms with van der Waals surface area (Å²) in [6, 6.07) is 11.9. The predicted molar refractivity (Wildman–Crippen MR) is 136 cm³/mol. The number of fused-ring (bicyclic) bond motifs is 1. The van der Waals surface area contributed by atoms with Crippen LogP contribution in [0.4, 0.5) is 17.2 Å². The lowest BCUT2D eigenvalue weighted by molar-refractivity contribution is 0.104. The quantitative estimate of drug-likeness (QED) is 0.324. The summed E-state index contributed by atoms with van der Waals surface area (Å²) in [5.41, 5.74) is 2.18. The van der Waals surface area contributed by atoms with Gasteiger partial charge in [0.05, 0.1) is 17.1 Å². The average Bonchev–Trinajstić information content (AvgIpc) is 3.49. The van der Waals surface area contributed by atoms with Gasteiger partial charge in [0.25, 0.3) is 6.02 Å². The first-order chi connectivity index (χ1) is 16.5. The van der Waals surface area contributed by atoms with Crippen molar-refractivity contribution in [2.24, 2.45) is 4.99 Å². The highest BCUT2D eigenvalue weighted by molar-refractivity contribution is 7.09. The molecule has 0 saturated carbocycles. The van der Waals surface area contributed by atoms with Crippen LogP contribution >= 0.6 is 22.9 Å². The zero-order chi connectivity index (χ0) is 23.5. The van der Waals surface area contributed by atoms with Crippen LogP contribution in [0, 0.1) is 0 Å². The summed E-state index contributed by atoms with van der Waals surface area (Å²) < 4.78 is 11.8. The van der Waals surface area contributed by atoms with Crippen LogP contribution in [0.3, 0.4) is 0 Å². The number of thiazole rings is 1. The molecule has 0 aliphatic carbocycles. The fourth-order valence-electron chi connectivity index (χ4n) is 3.44. The van der Waals surface area contributed by atoms with Crippen LogP contribution in [0.1, 0.15) is 25.3 Å². The summed E-state index contributed by atoms with van der Waals surface area (Å²) in [6.45, 7) is 5.17. The zero-order valence-corrected chi connectivity index (χ0v) is 20.3. The van der Waals surface area contributed by atoms with Crippen LogP contribution in [0.15, 0.2) is 59.3 Å². The summed E-state index contributed by atoms with van der Waals surface area (Å²) >= 11 is 8.00. The molecule has 0 radical (unpaired) electrons. The number of halogens is 1. The Morgan fingerprint density at radius 1 is 1.12 bits per heavy atom. The molecule has 34 heavy (non-hydrogen) atoms. The Bertz CT molecular complexity index is 1350. The van der Waals surface area contributed by atoms with Crippen molar-refractivity contribution in [1.82, 2.24) is 15.0 Å². The molecule has 0 bridgehead atoms. The van der Waals surface area contributed by atoms with Crippen molar-refractivity contribution in [3.05, 3.63) is 64.3 Å². The van der Waals surface area contributed by atoms with E-state index in [9.17, 15) is 0 Å². The monoisotopic (exact) mass is 494 g/mol. The minimum atomic E-state index is -0.259. The number of aromatic nitrogens is 3. The molecule has 0 fully saturated rings. The van der Waals surface area contributed by atoms with E-state index in [0.717, 1.165) is 33.7 Å². The van der Waals surface area contributed by atoms with E-state index in [1.807, 2.05) is 41.8 Å². The highest BCUT2D eigenvalue weighted by Crippen LogP contribution is 2.32. The van der Waals surface area contributed by atoms with Gasteiger partial charge in [-0.1, -0.05) is 18.5 Å². The Hall–Kier alpha value is -3.43. The minimum Gasteiger partial charge on any atom is -0.485 e. The number of nitrogens with zero attached hydrogens (tertiary/aromatic N) is 4. The van der Waals surface area contributed by atoms with E-state index >= 15 is 0 Å². The number of benzene rings is 2. The Morgan fingerprint density at radius 2 is 1.97 bits per heavy atom. The van der Waals surface area contributed by atoms with Crippen molar-refractivity contribution in [2.45, 2.75) is 32.5 Å². The molecule has 8 nitrogen and oxygen atoms in total. The summed E-state index contributed by atoms with van der Waals surface area (Å²) in [4.78, 5) is 17.5. The van der Waals surface area contributed by atoms with E-state index in [4.69, 9.17) is 21.1 Å². The molecule has 0 spiro atoms. The van der Waals surface area contributed by atoms with Crippen molar-refractivity contribution in [2.75, 3.05) is 17.2 Å². The number of amidine groups is 1. The first kappa shape index (κ1) is 22.4. The third-order valence-electron chi connectivity index (χ3n) is 5.56. The highest BCUT2D eigenvalue weighted by atomic mass is 35.5. The van der Waals surface area contributed by atoms with Crippen molar-refractivity contribution in [1.29, 1.82) is 0 Å². The fourth-order valence-corrected chi connectivity index (χ4v) is 4.20. The van der Waals surface area contributed by atoms with Crippen LogP contribution < -0.4 is 15.4 Å². The van der Waals surface area contributed by atoms with Gasteiger partial charge in [0.15, 0.2) is 0 Å². The van der Waals surface area contributed by atoms with Gasteiger partial charge in [0.1, 0.15) is 35.1 Å². The van der Waals surface area contributed by atoms with Crippen LogP contribution in [0.25, 0.3) is 10.9 Å². The molecule has 1 aliphatic heterocycles. The van der Waals surface area contributed by atoms with E-state index in [1.165, 1.54) is 17.7 Å². The van der Waals surface area contributed by atoms with E-state index in [2.05, 4.69) is 44.4 Å². The lowest BCUT2D eigenvalue weighted by Gasteiger charge is -2.21. The lowest BCUT2D eigenvalue weighted by atomic mass is 10.1. The second kappa shape index (κ2) is 9.44.